The summed E-state index contributed by atoms with van der Waals surface area (Å²) in [4.78, 5) is 26.0. The molecule has 26 heavy (non-hydrogen) atoms. The molecule has 1 fully saturated rings. The lowest BCUT2D eigenvalue weighted by Gasteiger charge is -2.32. The fourth-order valence-electron chi connectivity index (χ4n) is 3.22. The van der Waals surface area contributed by atoms with Crippen molar-refractivity contribution in [2.45, 2.75) is 38.9 Å². The van der Waals surface area contributed by atoms with Gasteiger partial charge in [0.25, 0.3) is 5.91 Å². The number of likely N-dealkylation sites (tertiary alicyclic amines) is 1. The minimum atomic E-state index is -0.694. The summed E-state index contributed by atoms with van der Waals surface area (Å²) in [5, 5.41) is 1.11. The smallest absolute Gasteiger partial charge is 0.336 e. The van der Waals surface area contributed by atoms with E-state index >= 15 is 0 Å². The van der Waals surface area contributed by atoms with Crippen LogP contribution in [-0.2, 0) is 9.53 Å². The van der Waals surface area contributed by atoms with Crippen molar-refractivity contribution >= 4 is 28.5 Å². The Hall–Kier alpha value is -2.05. The molecular weight excluding hydrogens is 358 g/mol. The van der Waals surface area contributed by atoms with Gasteiger partial charge in [0.15, 0.2) is 6.10 Å². The van der Waals surface area contributed by atoms with Crippen molar-refractivity contribution in [3.63, 3.8) is 0 Å². The van der Waals surface area contributed by atoms with Gasteiger partial charge in [-0.3, -0.25) is 4.79 Å². The third-order valence-electron chi connectivity index (χ3n) is 4.74. The zero-order chi connectivity index (χ0) is 18.8. The maximum Gasteiger partial charge on any atom is 0.336 e. The van der Waals surface area contributed by atoms with Crippen molar-refractivity contribution in [3.05, 3.63) is 39.2 Å². The van der Waals surface area contributed by atoms with Gasteiger partial charge in [-0.2, -0.15) is 0 Å². The van der Waals surface area contributed by atoms with Crippen molar-refractivity contribution < 1.29 is 18.7 Å². The minimum Gasteiger partial charge on any atom is -0.479 e. The summed E-state index contributed by atoms with van der Waals surface area (Å²) in [7, 11) is 1.69. The fraction of sp³-hybridized carbons (Fsp3) is 0.474. The average Bonchev–Trinajstić information content (AvgIpc) is 2.62. The molecular formula is C19H22ClNO5. The van der Waals surface area contributed by atoms with Crippen LogP contribution in [0.5, 0.6) is 5.75 Å². The number of amides is 1. The minimum absolute atomic E-state index is 0.0959. The van der Waals surface area contributed by atoms with E-state index in [1.807, 2.05) is 6.92 Å². The Bertz CT molecular complexity index is 870. The highest BCUT2D eigenvalue weighted by Crippen LogP contribution is 2.32. The second-order valence-corrected chi connectivity index (χ2v) is 6.95. The molecule has 140 valence electrons. The van der Waals surface area contributed by atoms with E-state index in [0.29, 0.717) is 29.4 Å². The van der Waals surface area contributed by atoms with Crippen molar-refractivity contribution in [2.24, 2.45) is 0 Å². The van der Waals surface area contributed by atoms with Crippen LogP contribution in [-0.4, -0.2) is 43.2 Å². The van der Waals surface area contributed by atoms with E-state index in [4.69, 9.17) is 25.5 Å². The Morgan fingerprint density at radius 1 is 1.31 bits per heavy atom. The van der Waals surface area contributed by atoms with Gasteiger partial charge in [0, 0.05) is 37.7 Å². The van der Waals surface area contributed by atoms with Gasteiger partial charge in [0.05, 0.1) is 11.1 Å². The van der Waals surface area contributed by atoms with Gasteiger partial charge < -0.3 is 18.8 Å². The van der Waals surface area contributed by atoms with Crippen LogP contribution in [0.2, 0.25) is 5.02 Å². The molecule has 6 nitrogen and oxygen atoms in total. The molecule has 0 aliphatic carbocycles. The van der Waals surface area contributed by atoms with Crippen LogP contribution in [0.3, 0.4) is 0 Å². The van der Waals surface area contributed by atoms with Crippen molar-refractivity contribution in [3.8, 4) is 5.75 Å². The van der Waals surface area contributed by atoms with Gasteiger partial charge in [0.1, 0.15) is 11.3 Å². The molecule has 2 heterocycles. The first kappa shape index (κ1) is 18.7. The van der Waals surface area contributed by atoms with E-state index in [1.165, 1.54) is 6.07 Å². The number of carbonyl (C=O) groups is 1. The Balaban J connectivity index is 1.76. The third-order valence-corrected chi connectivity index (χ3v) is 5.04. The summed E-state index contributed by atoms with van der Waals surface area (Å²) in [6.45, 7) is 4.79. The van der Waals surface area contributed by atoms with E-state index in [2.05, 4.69) is 0 Å². The van der Waals surface area contributed by atoms with Gasteiger partial charge in [-0.1, -0.05) is 11.6 Å². The number of halogens is 1. The lowest BCUT2D eigenvalue weighted by Crippen LogP contribution is -2.46. The number of methoxy groups -OCH3 is 1. The largest absolute Gasteiger partial charge is 0.479 e. The molecule has 0 spiro atoms. The van der Waals surface area contributed by atoms with E-state index < -0.39 is 11.7 Å². The number of ether oxygens (including phenoxy) is 2. The van der Waals surface area contributed by atoms with Gasteiger partial charge in [0.2, 0.25) is 0 Å². The number of aryl methyl sites for hydroxylation is 1. The molecule has 1 aliphatic rings. The van der Waals surface area contributed by atoms with Crippen LogP contribution in [0.4, 0.5) is 0 Å². The van der Waals surface area contributed by atoms with E-state index in [0.717, 1.165) is 23.8 Å². The first-order valence-corrected chi connectivity index (χ1v) is 8.99. The number of hydrogen-bond donors (Lipinski definition) is 0. The van der Waals surface area contributed by atoms with Crippen LogP contribution < -0.4 is 10.4 Å². The summed E-state index contributed by atoms with van der Waals surface area (Å²) >= 11 is 6.30. The monoisotopic (exact) mass is 379 g/mol. The number of carbonyl (C=O) groups excluding carboxylic acids is 1. The Morgan fingerprint density at radius 2 is 2.00 bits per heavy atom. The first-order valence-electron chi connectivity index (χ1n) is 8.61. The molecule has 0 radical (unpaired) electrons. The number of piperidine rings is 1. The fourth-order valence-corrected chi connectivity index (χ4v) is 3.43. The molecule has 1 atom stereocenters. The number of benzene rings is 1. The highest BCUT2D eigenvalue weighted by Gasteiger charge is 2.27. The SMILES string of the molecule is COC1CCN(C(=O)C(C)Oc2cc3oc(=O)cc(C)c3cc2Cl)CC1. The molecule has 1 amide bonds. The molecule has 1 unspecified atom stereocenters. The summed E-state index contributed by atoms with van der Waals surface area (Å²) in [5.74, 6) is 0.224. The van der Waals surface area contributed by atoms with Crippen molar-refractivity contribution in [1.82, 2.24) is 4.90 Å². The molecule has 1 saturated heterocycles. The lowest BCUT2D eigenvalue weighted by atomic mass is 10.1. The van der Waals surface area contributed by atoms with Crippen LogP contribution in [0.1, 0.15) is 25.3 Å². The van der Waals surface area contributed by atoms with Gasteiger partial charge in [-0.25, -0.2) is 4.79 Å². The topological polar surface area (TPSA) is 69.0 Å². The number of nitrogens with zero attached hydrogens (tertiary/aromatic N) is 1. The van der Waals surface area contributed by atoms with E-state index in [-0.39, 0.29) is 12.0 Å². The molecule has 1 aromatic heterocycles. The summed E-state index contributed by atoms with van der Waals surface area (Å²) in [6.07, 6.45) is 1.14. The van der Waals surface area contributed by atoms with E-state index in [1.54, 1.807) is 31.1 Å². The van der Waals surface area contributed by atoms with Gasteiger partial charge in [-0.05, 0) is 38.3 Å². The van der Waals surface area contributed by atoms with Crippen LogP contribution in [0.25, 0.3) is 11.0 Å². The standard InChI is InChI=1S/C19H22ClNO5/c1-11-8-18(22)26-16-10-17(15(20)9-14(11)16)25-12(2)19(23)21-6-4-13(24-3)5-7-21/h8-10,12-13H,4-7H2,1-3H3. The number of hydrogen-bond acceptors (Lipinski definition) is 5. The summed E-state index contributed by atoms with van der Waals surface area (Å²) in [5.41, 5.74) is 0.721. The highest BCUT2D eigenvalue weighted by atomic mass is 35.5. The van der Waals surface area contributed by atoms with Crippen molar-refractivity contribution in [2.75, 3.05) is 20.2 Å². The zero-order valence-electron chi connectivity index (χ0n) is 15.1. The molecule has 3 rings (SSSR count). The third kappa shape index (κ3) is 3.86. The van der Waals surface area contributed by atoms with Crippen LogP contribution in [0, 0.1) is 6.92 Å². The second-order valence-electron chi connectivity index (χ2n) is 6.55. The maximum absolute atomic E-state index is 12.6. The quantitative estimate of drug-likeness (QED) is 0.763. The second kappa shape index (κ2) is 7.68. The molecule has 0 bridgehead atoms. The predicted octanol–water partition coefficient (Wildman–Crippen LogP) is 3.16. The lowest BCUT2D eigenvalue weighted by molar-refractivity contribution is -0.140. The zero-order valence-corrected chi connectivity index (χ0v) is 15.8. The molecule has 0 N–H and O–H groups in total. The summed E-state index contributed by atoms with van der Waals surface area (Å²) < 4.78 is 16.3. The molecule has 1 aliphatic heterocycles. The van der Waals surface area contributed by atoms with Crippen LogP contribution >= 0.6 is 11.6 Å². The van der Waals surface area contributed by atoms with Crippen LogP contribution in [0.15, 0.2) is 27.4 Å². The molecule has 2 aromatic rings. The molecule has 7 heteroatoms. The molecule has 0 saturated carbocycles. The Morgan fingerprint density at radius 3 is 2.65 bits per heavy atom. The predicted molar refractivity (Wildman–Crippen MR) is 98.9 cm³/mol. The molecule has 1 aromatic carbocycles. The first-order chi connectivity index (χ1) is 12.4. The van der Waals surface area contributed by atoms with Crippen molar-refractivity contribution in [1.29, 1.82) is 0 Å². The highest BCUT2D eigenvalue weighted by molar-refractivity contribution is 6.32. The van der Waals surface area contributed by atoms with Gasteiger partial charge in [-0.15, -0.1) is 0 Å². The number of rotatable bonds is 4. The summed E-state index contributed by atoms with van der Waals surface area (Å²) in [6, 6.07) is 4.66. The average molecular weight is 380 g/mol. The number of fused-ring (bicyclic) bond motifs is 1. The normalized spacial score (nSPS) is 16.7. The Labute approximate surface area is 156 Å². The maximum atomic E-state index is 12.6. The van der Waals surface area contributed by atoms with E-state index in [9.17, 15) is 9.59 Å². The Kier molecular flexibility index (Phi) is 5.53. The van der Waals surface area contributed by atoms with Gasteiger partial charge >= 0.3 is 5.63 Å².